The first-order chi connectivity index (χ1) is 35.3. The van der Waals surface area contributed by atoms with E-state index < -0.39 is 11.7 Å². The van der Waals surface area contributed by atoms with Crippen LogP contribution in [0.3, 0.4) is 0 Å². The molecule has 2 fully saturated rings. The number of aliphatic hydroxyl groups is 1. The van der Waals surface area contributed by atoms with E-state index in [-0.39, 0.29) is 49.0 Å². The second kappa shape index (κ2) is 27.0. The van der Waals surface area contributed by atoms with Gasteiger partial charge in [0.1, 0.15) is 5.60 Å². The number of aliphatic hydroxyl groups excluding tert-OH is 1. The van der Waals surface area contributed by atoms with E-state index in [4.69, 9.17) is 28.4 Å². The summed E-state index contributed by atoms with van der Waals surface area (Å²) in [5.74, 6) is 1.59. The van der Waals surface area contributed by atoms with E-state index >= 15 is 0 Å². The third-order valence-electron chi connectivity index (χ3n) is 12.8. The van der Waals surface area contributed by atoms with Gasteiger partial charge in [-0.05, 0) is 125 Å². The molecule has 0 aliphatic carbocycles. The Morgan fingerprint density at radius 3 is 1.41 bits per heavy atom. The number of carbonyl (C=O) groups excluding carboxylic acids is 4. The normalized spacial score (nSPS) is 14.4. The fraction of sp³-hybridized carbons (Fsp3) is 0.473. The number of aryl methyl sites for hydroxylation is 2. The molecule has 0 aromatic heterocycles. The number of amides is 4. The molecule has 2 unspecified atom stereocenters. The van der Waals surface area contributed by atoms with Crippen molar-refractivity contribution in [3.8, 4) is 23.0 Å². The number of esters is 1. The van der Waals surface area contributed by atoms with Gasteiger partial charge in [0.25, 0.3) is 11.8 Å². The number of nitrogens with zero attached hydrogens (tertiary/aromatic N) is 4. The summed E-state index contributed by atoms with van der Waals surface area (Å²) in [6.07, 6.45) is 0.430. The maximum Gasteiger partial charge on any atom is 0.410 e. The molecule has 6 rings (SSSR count). The molecule has 2 atom stereocenters. The Bertz CT molecular complexity index is 2550. The molecule has 2 aliphatic rings. The molecular weight excluding hydrogens is 953 g/mol. The highest BCUT2D eigenvalue weighted by atomic mass is 16.6. The van der Waals surface area contributed by atoms with Crippen LogP contribution in [0.15, 0.2) is 72.8 Å². The molecule has 0 bridgehead atoms. The number of rotatable bonds is 18. The van der Waals surface area contributed by atoms with Crippen molar-refractivity contribution < 1.29 is 62.6 Å². The number of carboxylic acid groups (broad SMARTS) is 1. The molecule has 4 amide bonds. The molecular formula is C55H74N6O13. The molecule has 402 valence electrons. The van der Waals surface area contributed by atoms with E-state index in [0.29, 0.717) is 106 Å². The van der Waals surface area contributed by atoms with Gasteiger partial charge < -0.3 is 68.9 Å². The average molecular weight is 1030 g/mol. The molecule has 4 aromatic carbocycles. The van der Waals surface area contributed by atoms with Crippen molar-refractivity contribution >= 4 is 41.3 Å². The summed E-state index contributed by atoms with van der Waals surface area (Å²) in [7, 11) is 7.63. The third-order valence-corrected chi connectivity index (χ3v) is 12.8. The minimum Gasteiger partial charge on any atom is -0.493 e. The van der Waals surface area contributed by atoms with Crippen LogP contribution < -0.4 is 39.4 Å². The van der Waals surface area contributed by atoms with Crippen molar-refractivity contribution in [1.29, 1.82) is 0 Å². The molecule has 0 saturated carbocycles. The Hall–Kier alpha value is -7.41. The van der Waals surface area contributed by atoms with E-state index in [0.717, 1.165) is 33.6 Å². The molecule has 2 aliphatic heterocycles. The number of nitrogens with one attached hydrogen (secondary N) is 2. The molecule has 2 saturated heterocycles. The van der Waals surface area contributed by atoms with Crippen LogP contribution in [0.25, 0.3) is 0 Å². The number of benzene rings is 4. The minimum atomic E-state index is -0.914. The van der Waals surface area contributed by atoms with Gasteiger partial charge in [-0.25, -0.2) is 9.59 Å². The zero-order valence-electron chi connectivity index (χ0n) is 44.4. The van der Waals surface area contributed by atoms with Gasteiger partial charge in [0.2, 0.25) is 0 Å². The van der Waals surface area contributed by atoms with Gasteiger partial charge in [0.05, 0.1) is 47.6 Å². The fourth-order valence-corrected chi connectivity index (χ4v) is 8.58. The number of methoxy groups -OCH3 is 5. The first-order valence-corrected chi connectivity index (χ1v) is 24.8. The Kier molecular flexibility index (Phi) is 21.0. The molecule has 0 spiro atoms. The Morgan fingerprint density at radius 2 is 1.01 bits per heavy atom. The Labute approximate surface area is 434 Å². The van der Waals surface area contributed by atoms with Gasteiger partial charge in [0.15, 0.2) is 23.0 Å². The lowest BCUT2D eigenvalue weighted by Crippen LogP contribution is -2.50. The van der Waals surface area contributed by atoms with Crippen molar-refractivity contribution in [1.82, 2.24) is 20.4 Å². The highest BCUT2D eigenvalue weighted by Gasteiger charge is 2.28. The van der Waals surface area contributed by atoms with Gasteiger partial charge >= 0.3 is 18.2 Å². The molecule has 4 N–H and O–H groups in total. The number of anilines is 2. The SMILES string of the molecule is COC(=O)CCc1ccc(N2CCN(C(=O)OC(C)(C)C)CC2)cc1C(=O)NC(C)c1ccc(OC)c(OC)c1.COc1ccc(C(C)NC(=O)c2cc(N3CCN(C(=O)O)CC3)ccc2CCCO)cc1OC. The molecule has 19 heteroatoms. The number of hydrogen-bond donors (Lipinski definition) is 4. The van der Waals surface area contributed by atoms with Crippen LogP contribution in [0.4, 0.5) is 21.0 Å². The lowest BCUT2D eigenvalue weighted by molar-refractivity contribution is -0.140. The van der Waals surface area contributed by atoms with Crippen molar-refractivity contribution in [3.63, 3.8) is 0 Å². The van der Waals surface area contributed by atoms with Crippen molar-refractivity contribution in [2.75, 3.05) is 104 Å². The highest BCUT2D eigenvalue weighted by Crippen LogP contribution is 2.32. The van der Waals surface area contributed by atoms with Gasteiger partial charge in [0, 0.05) is 87.9 Å². The van der Waals surface area contributed by atoms with E-state index in [2.05, 4.69) is 20.4 Å². The van der Waals surface area contributed by atoms with Crippen LogP contribution in [-0.4, -0.2) is 150 Å². The summed E-state index contributed by atoms with van der Waals surface area (Å²) < 4.78 is 31.7. The summed E-state index contributed by atoms with van der Waals surface area (Å²) in [6, 6.07) is 21.9. The van der Waals surface area contributed by atoms with Crippen molar-refractivity contribution in [2.24, 2.45) is 0 Å². The maximum absolute atomic E-state index is 13.6. The van der Waals surface area contributed by atoms with E-state index in [1.807, 2.05) is 95.3 Å². The summed E-state index contributed by atoms with van der Waals surface area (Å²) in [5.41, 5.74) is 5.58. The number of piperazine rings is 2. The molecule has 19 nitrogen and oxygen atoms in total. The first kappa shape index (κ1) is 57.5. The van der Waals surface area contributed by atoms with Crippen LogP contribution in [0, 0.1) is 0 Å². The smallest absolute Gasteiger partial charge is 0.410 e. The summed E-state index contributed by atoms with van der Waals surface area (Å²) in [5, 5.41) is 24.6. The lowest BCUT2D eigenvalue weighted by Gasteiger charge is -2.37. The summed E-state index contributed by atoms with van der Waals surface area (Å²) in [6.45, 7) is 13.6. The zero-order valence-corrected chi connectivity index (χ0v) is 44.4. The van der Waals surface area contributed by atoms with E-state index in [1.165, 1.54) is 12.0 Å². The largest absolute Gasteiger partial charge is 0.493 e. The topological polar surface area (TPSA) is 218 Å². The van der Waals surface area contributed by atoms with Gasteiger partial charge in [-0.2, -0.15) is 0 Å². The molecule has 74 heavy (non-hydrogen) atoms. The molecule has 0 radical (unpaired) electrons. The van der Waals surface area contributed by atoms with Crippen LogP contribution >= 0.6 is 0 Å². The van der Waals surface area contributed by atoms with Crippen LogP contribution in [-0.2, 0) is 27.1 Å². The molecule has 4 aromatic rings. The van der Waals surface area contributed by atoms with Crippen LogP contribution in [0.1, 0.15) is 103 Å². The predicted molar refractivity (Wildman–Crippen MR) is 281 cm³/mol. The van der Waals surface area contributed by atoms with Crippen LogP contribution in [0.2, 0.25) is 0 Å². The number of hydrogen-bond acceptors (Lipinski definition) is 14. The minimum absolute atomic E-state index is 0.0437. The molecule has 2 heterocycles. The van der Waals surface area contributed by atoms with Crippen LogP contribution in [0.5, 0.6) is 23.0 Å². The summed E-state index contributed by atoms with van der Waals surface area (Å²) >= 11 is 0. The Morgan fingerprint density at radius 1 is 0.581 bits per heavy atom. The number of ether oxygens (including phenoxy) is 6. The van der Waals surface area contributed by atoms with E-state index in [9.17, 15) is 34.2 Å². The van der Waals surface area contributed by atoms with Crippen molar-refractivity contribution in [3.05, 3.63) is 106 Å². The highest BCUT2D eigenvalue weighted by molar-refractivity contribution is 5.98. The second-order valence-electron chi connectivity index (χ2n) is 18.9. The van der Waals surface area contributed by atoms with Gasteiger partial charge in [-0.1, -0.05) is 24.3 Å². The zero-order chi connectivity index (χ0) is 54.1. The lowest BCUT2D eigenvalue weighted by atomic mass is 9.99. The third kappa shape index (κ3) is 15.8. The maximum atomic E-state index is 13.6. The van der Waals surface area contributed by atoms with Crippen molar-refractivity contribution in [2.45, 2.75) is 78.0 Å². The average Bonchev–Trinajstić information content (AvgIpc) is 3.40. The van der Waals surface area contributed by atoms with Gasteiger partial charge in [-0.15, -0.1) is 0 Å². The van der Waals surface area contributed by atoms with Gasteiger partial charge in [-0.3, -0.25) is 14.4 Å². The number of carbonyl (C=O) groups is 5. The monoisotopic (exact) mass is 1030 g/mol. The van der Waals surface area contributed by atoms with E-state index in [1.54, 1.807) is 45.5 Å². The Balaban J connectivity index is 0.000000278. The summed E-state index contributed by atoms with van der Waals surface area (Å²) in [4.78, 5) is 69.7. The predicted octanol–water partition coefficient (Wildman–Crippen LogP) is 7.28. The first-order valence-electron chi connectivity index (χ1n) is 24.8. The standard InChI is InChI=1S/C30H41N3O7.C25H33N3O6/c1-20(22-9-12-25(37-5)26(18-22)38-6)31-28(35)24-19-23(11-8-21(24)10-13-27(34)39-7)32-14-16-33(17-15-32)29(36)40-30(2,3)4;1-17(19-7-9-22(33-2)23(15-19)34-3)26-24(30)21-16-20(8-6-18(21)5-4-14-29)27-10-12-28(13-11-27)25(31)32/h8-9,11-12,18-20H,10,13-17H2,1-7H3,(H,31,35);6-9,15-17,29H,4-5,10-14H2,1-3H3,(H,26,30)(H,31,32). The quantitative estimate of drug-likeness (QED) is 0.0720. The second-order valence-corrected chi connectivity index (χ2v) is 18.9. The fourth-order valence-electron chi connectivity index (χ4n) is 8.58.